The van der Waals surface area contributed by atoms with Crippen molar-refractivity contribution < 1.29 is 14.7 Å². The number of carboxylic acid groups (broad SMARTS) is 1. The molecule has 1 heterocycles. The molecule has 1 aromatic heterocycles. The van der Waals surface area contributed by atoms with Crippen LogP contribution in [0.3, 0.4) is 0 Å². The summed E-state index contributed by atoms with van der Waals surface area (Å²) < 4.78 is 1.73. The maximum Gasteiger partial charge on any atom is 0.311 e. The molecule has 0 unspecified atom stereocenters. The lowest BCUT2D eigenvalue weighted by Gasteiger charge is -2.26. The van der Waals surface area contributed by atoms with Crippen molar-refractivity contribution in [2.45, 2.75) is 40.5 Å². The number of hydrogen-bond donors (Lipinski definition) is 2. The SMILES string of the molecule is CCC(CC)(CNC(=O)c1c(C)nn(-c2ccccc2)c1C)C(=O)O. The van der Waals surface area contributed by atoms with Gasteiger partial charge in [-0.1, -0.05) is 32.0 Å². The topological polar surface area (TPSA) is 84.2 Å². The van der Waals surface area contributed by atoms with Gasteiger partial charge in [0.15, 0.2) is 0 Å². The fourth-order valence-corrected chi connectivity index (χ4v) is 3.01. The van der Waals surface area contributed by atoms with Crippen molar-refractivity contribution in [3.63, 3.8) is 0 Å². The Labute approximate surface area is 147 Å². The number of para-hydroxylation sites is 1. The molecule has 0 radical (unpaired) electrons. The Kier molecular flexibility index (Phi) is 5.62. The second-order valence-corrected chi connectivity index (χ2v) is 6.27. The largest absolute Gasteiger partial charge is 0.481 e. The van der Waals surface area contributed by atoms with Crippen LogP contribution in [0.4, 0.5) is 0 Å². The van der Waals surface area contributed by atoms with E-state index in [2.05, 4.69) is 10.4 Å². The number of aryl methyl sites for hydroxylation is 1. The number of carbonyl (C=O) groups excluding carboxylic acids is 1. The third-order valence-electron chi connectivity index (χ3n) is 4.91. The van der Waals surface area contributed by atoms with E-state index in [1.807, 2.05) is 51.1 Å². The average Bonchev–Trinajstić information content (AvgIpc) is 2.91. The molecule has 2 aromatic rings. The van der Waals surface area contributed by atoms with Crippen molar-refractivity contribution >= 4 is 11.9 Å². The van der Waals surface area contributed by atoms with Gasteiger partial charge < -0.3 is 10.4 Å². The summed E-state index contributed by atoms with van der Waals surface area (Å²) in [6.45, 7) is 7.38. The Morgan fingerprint density at radius 1 is 1.16 bits per heavy atom. The summed E-state index contributed by atoms with van der Waals surface area (Å²) in [5, 5.41) is 16.8. The van der Waals surface area contributed by atoms with Gasteiger partial charge in [0.1, 0.15) is 0 Å². The summed E-state index contributed by atoms with van der Waals surface area (Å²) in [6, 6.07) is 9.59. The molecule has 0 fully saturated rings. The van der Waals surface area contributed by atoms with E-state index in [-0.39, 0.29) is 12.5 Å². The predicted octanol–water partition coefficient (Wildman–Crippen LogP) is 3.11. The maximum absolute atomic E-state index is 12.7. The molecule has 0 spiro atoms. The van der Waals surface area contributed by atoms with Crippen LogP contribution in [0.15, 0.2) is 30.3 Å². The Morgan fingerprint density at radius 3 is 2.28 bits per heavy atom. The smallest absolute Gasteiger partial charge is 0.311 e. The lowest BCUT2D eigenvalue weighted by molar-refractivity contribution is -0.149. The lowest BCUT2D eigenvalue weighted by Crippen LogP contribution is -2.42. The molecule has 134 valence electrons. The fourth-order valence-electron chi connectivity index (χ4n) is 3.01. The van der Waals surface area contributed by atoms with Crippen molar-refractivity contribution in [3.05, 3.63) is 47.3 Å². The Morgan fingerprint density at radius 2 is 1.76 bits per heavy atom. The zero-order chi connectivity index (χ0) is 18.6. The molecular weight excluding hydrogens is 318 g/mol. The molecule has 0 saturated heterocycles. The second-order valence-electron chi connectivity index (χ2n) is 6.27. The van der Waals surface area contributed by atoms with Crippen LogP contribution >= 0.6 is 0 Å². The number of rotatable bonds is 7. The monoisotopic (exact) mass is 343 g/mol. The molecule has 0 aliphatic rings. The summed E-state index contributed by atoms with van der Waals surface area (Å²) >= 11 is 0. The van der Waals surface area contributed by atoms with Gasteiger partial charge >= 0.3 is 5.97 Å². The minimum atomic E-state index is -0.938. The standard InChI is InChI=1S/C19H25N3O3/c1-5-19(6-2,18(24)25)12-20-17(23)16-13(3)21-22(14(16)4)15-10-8-7-9-11-15/h7-11H,5-6,12H2,1-4H3,(H,20,23)(H,24,25). The van der Waals surface area contributed by atoms with Gasteiger partial charge in [0.25, 0.3) is 5.91 Å². The highest BCUT2D eigenvalue weighted by Gasteiger charge is 2.35. The first-order valence-electron chi connectivity index (χ1n) is 8.49. The van der Waals surface area contributed by atoms with Gasteiger partial charge in [-0.2, -0.15) is 5.10 Å². The van der Waals surface area contributed by atoms with E-state index in [0.29, 0.717) is 24.1 Å². The first-order chi connectivity index (χ1) is 11.9. The summed E-state index contributed by atoms with van der Waals surface area (Å²) in [6.07, 6.45) is 0.917. The molecule has 0 aliphatic heterocycles. The van der Waals surface area contributed by atoms with Gasteiger partial charge in [-0.05, 0) is 38.8 Å². The highest BCUT2D eigenvalue weighted by atomic mass is 16.4. The summed E-state index contributed by atoms with van der Waals surface area (Å²) in [4.78, 5) is 24.3. The number of amides is 1. The zero-order valence-electron chi connectivity index (χ0n) is 15.2. The van der Waals surface area contributed by atoms with Gasteiger partial charge in [-0.3, -0.25) is 9.59 Å². The number of aliphatic carboxylic acids is 1. The van der Waals surface area contributed by atoms with Crippen LogP contribution in [0.5, 0.6) is 0 Å². The Balaban J connectivity index is 2.26. The van der Waals surface area contributed by atoms with Crippen LogP contribution in [0.2, 0.25) is 0 Å². The third kappa shape index (κ3) is 3.57. The number of aromatic nitrogens is 2. The average molecular weight is 343 g/mol. The van der Waals surface area contributed by atoms with Gasteiger partial charge in [0, 0.05) is 6.54 Å². The summed E-state index contributed by atoms with van der Waals surface area (Å²) in [5.74, 6) is -1.17. The number of benzene rings is 1. The first kappa shape index (κ1) is 18.7. The van der Waals surface area contributed by atoms with Crippen LogP contribution in [-0.2, 0) is 4.79 Å². The highest BCUT2D eigenvalue weighted by molar-refractivity contribution is 5.96. The van der Waals surface area contributed by atoms with Crippen molar-refractivity contribution in [1.82, 2.24) is 15.1 Å². The van der Waals surface area contributed by atoms with E-state index in [1.165, 1.54) is 0 Å². The molecule has 25 heavy (non-hydrogen) atoms. The number of nitrogens with zero attached hydrogens (tertiary/aromatic N) is 2. The highest BCUT2D eigenvalue weighted by Crippen LogP contribution is 2.26. The van der Waals surface area contributed by atoms with E-state index in [0.717, 1.165) is 11.4 Å². The van der Waals surface area contributed by atoms with Crippen LogP contribution in [0, 0.1) is 19.3 Å². The molecule has 1 aromatic carbocycles. The van der Waals surface area contributed by atoms with Crippen LogP contribution < -0.4 is 5.32 Å². The molecule has 6 nitrogen and oxygen atoms in total. The van der Waals surface area contributed by atoms with Crippen LogP contribution in [-0.4, -0.2) is 33.3 Å². The fraction of sp³-hybridized carbons (Fsp3) is 0.421. The van der Waals surface area contributed by atoms with Crippen molar-refractivity contribution in [2.24, 2.45) is 5.41 Å². The molecule has 0 atom stereocenters. The predicted molar refractivity (Wildman–Crippen MR) is 96.0 cm³/mol. The van der Waals surface area contributed by atoms with E-state index in [9.17, 15) is 14.7 Å². The molecule has 2 rings (SSSR count). The summed E-state index contributed by atoms with van der Waals surface area (Å²) in [7, 11) is 0. The van der Waals surface area contributed by atoms with E-state index in [1.54, 1.807) is 11.6 Å². The van der Waals surface area contributed by atoms with Gasteiger partial charge in [0.05, 0.1) is 28.1 Å². The number of hydrogen-bond acceptors (Lipinski definition) is 3. The molecule has 6 heteroatoms. The van der Waals surface area contributed by atoms with Crippen LogP contribution in [0.25, 0.3) is 5.69 Å². The van der Waals surface area contributed by atoms with Crippen molar-refractivity contribution in [1.29, 1.82) is 0 Å². The van der Waals surface area contributed by atoms with Gasteiger partial charge in [-0.15, -0.1) is 0 Å². The number of nitrogens with one attached hydrogen (secondary N) is 1. The molecule has 2 N–H and O–H groups in total. The molecule has 1 amide bonds. The first-order valence-corrected chi connectivity index (χ1v) is 8.49. The van der Waals surface area contributed by atoms with E-state index >= 15 is 0 Å². The van der Waals surface area contributed by atoms with Crippen LogP contribution in [0.1, 0.15) is 48.4 Å². The number of carboxylic acids is 1. The Hall–Kier alpha value is -2.63. The van der Waals surface area contributed by atoms with Crippen molar-refractivity contribution in [3.8, 4) is 5.69 Å². The normalized spacial score (nSPS) is 11.4. The van der Waals surface area contributed by atoms with E-state index < -0.39 is 11.4 Å². The lowest BCUT2D eigenvalue weighted by atomic mass is 9.82. The molecular formula is C19H25N3O3. The summed E-state index contributed by atoms with van der Waals surface area (Å²) in [5.41, 5.74) is 1.79. The number of carbonyl (C=O) groups is 2. The van der Waals surface area contributed by atoms with Gasteiger partial charge in [-0.25, -0.2) is 4.68 Å². The maximum atomic E-state index is 12.7. The molecule has 0 saturated carbocycles. The van der Waals surface area contributed by atoms with Gasteiger partial charge in [0.2, 0.25) is 0 Å². The zero-order valence-corrected chi connectivity index (χ0v) is 15.2. The van der Waals surface area contributed by atoms with Crippen molar-refractivity contribution in [2.75, 3.05) is 6.54 Å². The minimum absolute atomic E-state index is 0.101. The minimum Gasteiger partial charge on any atom is -0.481 e. The Bertz CT molecular complexity index is 762. The molecule has 0 aliphatic carbocycles. The molecule has 0 bridgehead atoms. The van der Waals surface area contributed by atoms with E-state index in [4.69, 9.17) is 0 Å². The second kappa shape index (κ2) is 7.51. The quantitative estimate of drug-likeness (QED) is 0.809. The third-order valence-corrected chi connectivity index (χ3v) is 4.91.